The molecule has 0 aromatic heterocycles. The van der Waals surface area contributed by atoms with Crippen LogP contribution >= 0.6 is 0 Å². The lowest BCUT2D eigenvalue weighted by atomic mass is 10.1. The second-order valence-electron chi connectivity index (χ2n) is 5.52. The summed E-state index contributed by atoms with van der Waals surface area (Å²) in [5.74, 6) is -0.187. The summed E-state index contributed by atoms with van der Waals surface area (Å²) >= 11 is 0. The Morgan fingerprint density at radius 3 is 3.05 bits per heavy atom. The van der Waals surface area contributed by atoms with Crippen LogP contribution in [0.1, 0.15) is 24.8 Å². The molecule has 1 amide bonds. The van der Waals surface area contributed by atoms with Crippen molar-refractivity contribution in [2.24, 2.45) is 0 Å². The van der Waals surface area contributed by atoms with E-state index in [1.807, 2.05) is 11.0 Å². The number of carbonyl (C=O) groups is 1. The van der Waals surface area contributed by atoms with Gasteiger partial charge in [-0.25, -0.2) is 4.39 Å². The molecule has 5 heteroatoms. The van der Waals surface area contributed by atoms with Gasteiger partial charge in [0.1, 0.15) is 5.82 Å². The standard InChI is InChI=1S/C15H20FN3O/c16-13-3-1-4-14(12(13)9-18-11-5-6-11)19-8-2-7-17-15(20)10-19/h1,3-4,11,18H,2,5-10H2,(H,17,20). The second-order valence-corrected chi connectivity index (χ2v) is 5.52. The number of amides is 1. The van der Waals surface area contributed by atoms with Crippen LogP contribution in [-0.2, 0) is 11.3 Å². The van der Waals surface area contributed by atoms with E-state index in [9.17, 15) is 9.18 Å². The minimum absolute atomic E-state index is 0.00728. The van der Waals surface area contributed by atoms with Crippen molar-refractivity contribution in [3.05, 3.63) is 29.6 Å². The van der Waals surface area contributed by atoms with E-state index >= 15 is 0 Å². The monoisotopic (exact) mass is 277 g/mol. The number of rotatable bonds is 4. The zero-order valence-corrected chi connectivity index (χ0v) is 11.5. The third-order valence-electron chi connectivity index (χ3n) is 3.84. The third-order valence-corrected chi connectivity index (χ3v) is 3.84. The highest BCUT2D eigenvalue weighted by molar-refractivity contribution is 5.82. The maximum absolute atomic E-state index is 14.1. The predicted molar refractivity (Wildman–Crippen MR) is 76.1 cm³/mol. The molecule has 0 atom stereocenters. The Bertz CT molecular complexity index is 502. The van der Waals surface area contributed by atoms with Crippen LogP contribution in [0.15, 0.2) is 18.2 Å². The Morgan fingerprint density at radius 2 is 2.25 bits per heavy atom. The van der Waals surface area contributed by atoms with Crippen LogP contribution in [0.2, 0.25) is 0 Å². The first-order valence-electron chi connectivity index (χ1n) is 7.26. The Balaban J connectivity index is 1.82. The average molecular weight is 277 g/mol. The molecular weight excluding hydrogens is 257 g/mol. The number of anilines is 1. The zero-order chi connectivity index (χ0) is 13.9. The number of hydrogen-bond acceptors (Lipinski definition) is 3. The topological polar surface area (TPSA) is 44.4 Å². The molecule has 4 nitrogen and oxygen atoms in total. The number of nitrogens with one attached hydrogen (secondary N) is 2. The highest BCUT2D eigenvalue weighted by Crippen LogP contribution is 2.26. The molecule has 0 unspecified atom stereocenters. The van der Waals surface area contributed by atoms with Gasteiger partial charge in [0.15, 0.2) is 0 Å². The Labute approximate surface area is 118 Å². The normalized spacial score (nSPS) is 19.6. The molecule has 3 rings (SSSR count). The lowest BCUT2D eigenvalue weighted by Crippen LogP contribution is -2.34. The van der Waals surface area contributed by atoms with Gasteiger partial charge in [-0.1, -0.05) is 6.07 Å². The first-order chi connectivity index (χ1) is 9.74. The Kier molecular flexibility index (Phi) is 3.87. The molecule has 2 fully saturated rings. The van der Waals surface area contributed by atoms with Crippen molar-refractivity contribution >= 4 is 11.6 Å². The number of nitrogens with zero attached hydrogens (tertiary/aromatic N) is 1. The largest absolute Gasteiger partial charge is 0.362 e. The molecular formula is C15H20FN3O. The Morgan fingerprint density at radius 1 is 1.40 bits per heavy atom. The van der Waals surface area contributed by atoms with Crippen LogP contribution in [0.5, 0.6) is 0 Å². The van der Waals surface area contributed by atoms with E-state index in [1.165, 1.54) is 18.9 Å². The molecule has 1 aromatic carbocycles. The number of carbonyl (C=O) groups excluding carboxylic acids is 1. The summed E-state index contributed by atoms with van der Waals surface area (Å²) in [4.78, 5) is 13.7. The molecule has 2 aliphatic rings. The van der Waals surface area contributed by atoms with Gasteiger partial charge in [0.25, 0.3) is 0 Å². The summed E-state index contributed by atoms with van der Waals surface area (Å²) in [6, 6.07) is 5.65. The van der Waals surface area contributed by atoms with Crippen LogP contribution in [0, 0.1) is 5.82 Å². The van der Waals surface area contributed by atoms with Gasteiger partial charge in [-0.05, 0) is 31.4 Å². The lowest BCUT2D eigenvalue weighted by Gasteiger charge is -2.24. The molecule has 0 spiro atoms. The smallest absolute Gasteiger partial charge is 0.239 e. The second kappa shape index (κ2) is 5.79. The van der Waals surface area contributed by atoms with Crippen molar-refractivity contribution in [3.8, 4) is 0 Å². The molecule has 1 aliphatic carbocycles. The van der Waals surface area contributed by atoms with Crippen molar-refractivity contribution in [2.75, 3.05) is 24.5 Å². The maximum Gasteiger partial charge on any atom is 0.239 e. The van der Waals surface area contributed by atoms with Gasteiger partial charge in [0.2, 0.25) is 5.91 Å². The molecule has 1 saturated heterocycles. The lowest BCUT2D eigenvalue weighted by molar-refractivity contribution is -0.119. The fraction of sp³-hybridized carbons (Fsp3) is 0.533. The molecule has 1 aromatic rings. The number of halogens is 1. The van der Waals surface area contributed by atoms with E-state index in [0.29, 0.717) is 31.2 Å². The van der Waals surface area contributed by atoms with Crippen molar-refractivity contribution in [2.45, 2.75) is 31.8 Å². The zero-order valence-electron chi connectivity index (χ0n) is 11.5. The van der Waals surface area contributed by atoms with Crippen molar-refractivity contribution in [1.29, 1.82) is 0 Å². The van der Waals surface area contributed by atoms with Crippen molar-refractivity contribution < 1.29 is 9.18 Å². The summed E-state index contributed by atoms with van der Waals surface area (Å²) in [6.07, 6.45) is 3.24. The first kappa shape index (κ1) is 13.4. The predicted octanol–water partition coefficient (Wildman–Crippen LogP) is 1.40. The van der Waals surface area contributed by atoms with E-state index in [-0.39, 0.29) is 11.7 Å². The van der Waals surface area contributed by atoms with Crippen LogP contribution in [0.4, 0.5) is 10.1 Å². The summed E-state index contributed by atoms with van der Waals surface area (Å²) in [6.45, 7) is 2.31. The van der Waals surface area contributed by atoms with Gasteiger partial charge < -0.3 is 15.5 Å². The SMILES string of the molecule is O=C1CN(c2cccc(F)c2CNC2CC2)CCCN1. The minimum Gasteiger partial charge on any atom is -0.362 e. The summed E-state index contributed by atoms with van der Waals surface area (Å²) < 4.78 is 14.1. The molecule has 20 heavy (non-hydrogen) atoms. The highest BCUT2D eigenvalue weighted by atomic mass is 19.1. The number of hydrogen-bond donors (Lipinski definition) is 2. The van der Waals surface area contributed by atoms with E-state index in [4.69, 9.17) is 0 Å². The molecule has 1 heterocycles. The van der Waals surface area contributed by atoms with Gasteiger partial charge in [0.05, 0.1) is 6.54 Å². The van der Waals surface area contributed by atoms with Crippen LogP contribution in [0.3, 0.4) is 0 Å². The van der Waals surface area contributed by atoms with E-state index in [0.717, 1.165) is 18.7 Å². The van der Waals surface area contributed by atoms with E-state index in [1.54, 1.807) is 6.07 Å². The summed E-state index contributed by atoms with van der Waals surface area (Å²) in [5.41, 5.74) is 1.52. The van der Waals surface area contributed by atoms with Crippen LogP contribution < -0.4 is 15.5 Å². The van der Waals surface area contributed by atoms with Gasteiger partial charge in [0, 0.05) is 36.9 Å². The average Bonchev–Trinajstić information content (AvgIpc) is 3.25. The molecule has 0 bridgehead atoms. The molecule has 1 saturated carbocycles. The molecule has 2 N–H and O–H groups in total. The number of benzene rings is 1. The Hall–Kier alpha value is -1.62. The van der Waals surface area contributed by atoms with Crippen molar-refractivity contribution in [3.63, 3.8) is 0 Å². The fourth-order valence-electron chi connectivity index (χ4n) is 2.56. The van der Waals surface area contributed by atoms with E-state index < -0.39 is 0 Å². The molecule has 108 valence electrons. The van der Waals surface area contributed by atoms with Gasteiger partial charge in [-0.15, -0.1) is 0 Å². The maximum atomic E-state index is 14.1. The highest BCUT2D eigenvalue weighted by Gasteiger charge is 2.23. The molecule has 1 aliphatic heterocycles. The van der Waals surface area contributed by atoms with Gasteiger partial charge in [-0.2, -0.15) is 0 Å². The van der Waals surface area contributed by atoms with E-state index in [2.05, 4.69) is 10.6 Å². The van der Waals surface area contributed by atoms with Crippen LogP contribution in [-0.4, -0.2) is 31.6 Å². The minimum atomic E-state index is -0.194. The quantitative estimate of drug-likeness (QED) is 0.874. The molecule has 0 radical (unpaired) electrons. The van der Waals surface area contributed by atoms with Crippen molar-refractivity contribution in [1.82, 2.24) is 10.6 Å². The first-order valence-corrected chi connectivity index (χ1v) is 7.26. The van der Waals surface area contributed by atoms with Gasteiger partial charge >= 0.3 is 0 Å². The van der Waals surface area contributed by atoms with Gasteiger partial charge in [-0.3, -0.25) is 4.79 Å². The van der Waals surface area contributed by atoms with Crippen LogP contribution in [0.25, 0.3) is 0 Å². The summed E-state index contributed by atoms with van der Waals surface area (Å²) in [7, 11) is 0. The fourth-order valence-corrected chi connectivity index (χ4v) is 2.56. The summed E-state index contributed by atoms with van der Waals surface area (Å²) in [5, 5.41) is 6.20. The third kappa shape index (κ3) is 3.10.